The Balaban J connectivity index is 0.000000512. The van der Waals surface area contributed by atoms with E-state index in [2.05, 4.69) is 27.5 Å². The summed E-state index contributed by atoms with van der Waals surface area (Å²) in [5.41, 5.74) is 3.05. The van der Waals surface area contributed by atoms with Crippen LogP contribution in [-0.4, -0.2) is 73.4 Å². The number of sulfonamides is 2. The van der Waals surface area contributed by atoms with E-state index >= 15 is 0 Å². The van der Waals surface area contributed by atoms with E-state index in [0.717, 1.165) is 29.7 Å². The molecule has 0 atom stereocenters. The van der Waals surface area contributed by atoms with E-state index in [1.165, 1.54) is 27.0 Å². The fourth-order valence-electron chi connectivity index (χ4n) is 5.07. The lowest BCUT2D eigenvalue weighted by atomic mass is 10.0. The predicted octanol–water partition coefficient (Wildman–Crippen LogP) is 8.53. The molecule has 5 rings (SSSR count). The van der Waals surface area contributed by atoms with E-state index in [-0.39, 0.29) is 25.5 Å². The maximum Gasteiger partial charge on any atom is 0.243 e. The SMILES string of the molecule is CC.CC1CCN(S(=O)(=O)c2ccc(-c3csc(NC(=O)C(C)C)n3)cc2)CC1.CCC(=O)Nc1nc(-c2ccc(S(=O)(=O)N(CC)CC)cc2)cs1.[HH].[HH]. The Morgan fingerprint density at radius 2 is 1.26 bits per heavy atom. The van der Waals surface area contributed by atoms with Crippen molar-refractivity contribution in [2.45, 2.75) is 84.4 Å². The van der Waals surface area contributed by atoms with Crippen molar-refractivity contribution in [2.24, 2.45) is 11.8 Å². The first-order valence-electron chi connectivity index (χ1n) is 17.9. The Morgan fingerprint density at radius 1 is 0.811 bits per heavy atom. The van der Waals surface area contributed by atoms with Gasteiger partial charge in [-0.15, -0.1) is 22.7 Å². The van der Waals surface area contributed by atoms with Crippen LogP contribution in [0.5, 0.6) is 0 Å². The number of amides is 2. The Morgan fingerprint density at radius 3 is 1.70 bits per heavy atom. The molecule has 0 spiro atoms. The van der Waals surface area contributed by atoms with Crippen LogP contribution < -0.4 is 10.6 Å². The highest BCUT2D eigenvalue weighted by Crippen LogP contribution is 2.29. The van der Waals surface area contributed by atoms with Crippen LogP contribution in [0.3, 0.4) is 0 Å². The van der Waals surface area contributed by atoms with E-state index in [1.807, 2.05) is 52.3 Å². The summed E-state index contributed by atoms with van der Waals surface area (Å²) in [5, 5.41) is 10.3. The number of carbonyl (C=O) groups is 2. The molecule has 0 saturated carbocycles. The number of nitrogens with zero attached hydrogens (tertiary/aromatic N) is 4. The number of hydrogen-bond donors (Lipinski definition) is 2. The average Bonchev–Trinajstić information content (AvgIpc) is 3.83. The molecule has 0 unspecified atom stereocenters. The number of benzene rings is 2. The summed E-state index contributed by atoms with van der Waals surface area (Å²) in [7, 11) is -6.90. The van der Waals surface area contributed by atoms with Crippen molar-refractivity contribution < 1.29 is 29.3 Å². The molecule has 0 bridgehead atoms. The first kappa shape index (κ1) is 43.9. The molecule has 1 fully saturated rings. The smallest absolute Gasteiger partial charge is 0.243 e. The molecule has 2 amide bonds. The van der Waals surface area contributed by atoms with Crippen molar-refractivity contribution in [3.05, 3.63) is 59.3 Å². The first-order chi connectivity index (χ1) is 25.2. The lowest BCUT2D eigenvalue weighted by molar-refractivity contribution is -0.119. The van der Waals surface area contributed by atoms with Crippen molar-refractivity contribution in [1.82, 2.24) is 18.6 Å². The Hall–Kier alpha value is -3.54. The standard InChI is InChI=1S/C19H25N3O3S2.C16H21N3O3S2.C2H6.2H2/c1-13(2)18(23)21-19-20-17(12-26-19)15-4-6-16(7-5-15)27(24,25)22-10-8-14(3)9-11-22;1-4-15(20)18-16-17-14(11-23-16)12-7-9-13(10-8-12)24(21,22)19(5-2)6-3;1-2;;/h4-7,12-14H,8-11H2,1-3H3,(H,20,21,23);7-11H,4-6H2,1-3H3,(H,17,18,20);1-2H3;2*1H. The van der Waals surface area contributed by atoms with Gasteiger partial charge in [-0.2, -0.15) is 8.61 Å². The van der Waals surface area contributed by atoms with Gasteiger partial charge in [0.2, 0.25) is 31.9 Å². The first-order valence-corrected chi connectivity index (χ1v) is 22.6. The largest absolute Gasteiger partial charge is 0.302 e. The highest BCUT2D eigenvalue weighted by molar-refractivity contribution is 7.89. The van der Waals surface area contributed by atoms with Gasteiger partial charge in [-0.3, -0.25) is 9.59 Å². The molecule has 3 heterocycles. The quantitative estimate of drug-likeness (QED) is 0.144. The Kier molecular flexibility index (Phi) is 16.7. The number of nitrogens with one attached hydrogen (secondary N) is 2. The van der Waals surface area contributed by atoms with Gasteiger partial charge in [0.05, 0.1) is 21.2 Å². The van der Waals surface area contributed by atoms with Gasteiger partial charge in [0.15, 0.2) is 10.3 Å². The van der Waals surface area contributed by atoms with E-state index in [1.54, 1.807) is 59.8 Å². The number of rotatable bonds is 12. The minimum atomic E-state index is -3.46. The number of thiazole rings is 2. The number of anilines is 2. The van der Waals surface area contributed by atoms with Crippen LogP contribution in [0.4, 0.5) is 10.3 Å². The van der Waals surface area contributed by atoms with Crippen molar-refractivity contribution in [1.29, 1.82) is 0 Å². The fraction of sp³-hybridized carbons (Fsp3) is 0.459. The molecule has 2 N–H and O–H groups in total. The fourth-order valence-corrected chi connectivity index (χ4v) is 9.45. The zero-order valence-electron chi connectivity index (χ0n) is 31.7. The van der Waals surface area contributed by atoms with Crippen molar-refractivity contribution in [2.75, 3.05) is 36.8 Å². The third-order valence-electron chi connectivity index (χ3n) is 8.35. The monoisotopic (exact) mass is 808 g/mol. The van der Waals surface area contributed by atoms with Crippen LogP contribution in [0, 0.1) is 11.8 Å². The highest BCUT2D eigenvalue weighted by Gasteiger charge is 2.28. The minimum absolute atomic E-state index is 0. The summed E-state index contributed by atoms with van der Waals surface area (Å²) in [6.07, 6.45) is 2.20. The molecule has 294 valence electrons. The van der Waals surface area contributed by atoms with Crippen molar-refractivity contribution in [3.63, 3.8) is 0 Å². The third kappa shape index (κ3) is 11.7. The molecule has 0 aliphatic carbocycles. The van der Waals surface area contributed by atoms with Crippen LogP contribution >= 0.6 is 22.7 Å². The van der Waals surface area contributed by atoms with Gasteiger partial charge in [-0.05, 0) is 43.0 Å². The van der Waals surface area contributed by atoms with Crippen LogP contribution in [0.15, 0.2) is 69.1 Å². The van der Waals surface area contributed by atoms with Crippen LogP contribution in [0.25, 0.3) is 22.5 Å². The summed E-state index contributed by atoms with van der Waals surface area (Å²) >= 11 is 2.69. The molecule has 2 aromatic heterocycles. The van der Waals surface area contributed by atoms with Crippen molar-refractivity contribution in [3.8, 4) is 22.5 Å². The second-order valence-electron chi connectivity index (χ2n) is 12.3. The van der Waals surface area contributed by atoms with Gasteiger partial charge in [0.25, 0.3) is 0 Å². The third-order valence-corrected chi connectivity index (χ3v) is 13.8. The second kappa shape index (κ2) is 20.2. The highest BCUT2D eigenvalue weighted by atomic mass is 32.2. The normalized spacial score (nSPS) is 13.8. The van der Waals surface area contributed by atoms with Gasteiger partial charge in [0, 0.05) is 63.3 Å². The summed E-state index contributed by atoms with van der Waals surface area (Å²) in [6.45, 7) is 17.3. The lowest BCUT2D eigenvalue weighted by Crippen LogP contribution is -2.37. The minimum Gasteiger partial charge on any atom is -0.302 e. The maximum atomic E-state index is 12.8. The predicted molar refractivity (Wildman–Crippen MR) is 220 cm³/mol. The van der Waals surface area contributed by atoms with Gasteiger partial charge < -0.3 is 10.6 Å². The molecule has 12 nitrogen and oxygen atoms in total. The summed E-state index contributed by atoms with van der Waals surface area (Å²) in [6, 6.07) is 13.4. The average molecular weight is 809 g/mol. The van der Waals surface area contributed by atoms with Crippen LogP contribution in [0.2, 0.25) is 0 Å². The summed E-state index contributed by atoms with van der Waals surface area (Å²) < 4.78 is 53.5. The van der Waals surface area contributed by atoms with E-state index in [4.69, 9.17) is 0 Å². The number of carbonyl (C=O) groups excluding carboxylic acids is 2. The topological polar surface area (TPSA) is 159 Å². The Labute approximate surface area is 326 Å². The van der Waals surface area contributed by atoms with E-state index in [9.17, 15) is 26.4 Å². The number of hydrogen-bond acceptors (Lipinski definition) is 10. The van der Waals surface area contributed by atoms with Gasteiger partial charge in [-0.1, -0.05) is 79.7 Å². The molecule has 16 heteroatoms. The molecule has 1 saturated heterocycles. The zero-order chi connectivity index (χ0) is 39.3. The van der Waals surface area contributed by atoms with Gasteiger partial charge >= 0.3 is 0 Å². The molecule has 53 heavy (non-hydrogen) atoms. The Bertz CT molecular complexity index is 1990. The van der Waals surface area contributed by atoms with Crippen LogP contribution in [0.1, 0.15) is 77.5 Å². The molecule has 0 radical (unpaired) electrons. The lowest BCUT2D eigenvalue weighted by Gasteiger charge is -2.29. The summed E-state index contributed by atoms with van der Waals surface area (Å²) in [5.74, 6) is 0.304. The molecule has 2 aromatic carbocycles. The number of aromatic nitrogens is 2. The van der Waals surface area contributed by atoms with Gasteiger partial charge in [0.1, 0.15) is 0 Å². The second-order valence-corrected chi connectivity index (χ2v) is 17.9. The molecular weight excluding hydrogens is 753 g/mol. The molecule has 1 aliphatic heterocycles. The van der Waals surface area contributed by atoms with E-state index in [0.29, 0.717) is 59.4 Å². The van der Waals surface area contributed by atoms with Crippen molar-refractivity contribution >= 4 is 64.8 Å². The zero-order valence-corrected chi connectivity index (χ0v) is 35.0. The summed E-state index contributed by atoms with van der Waals surface area (Å²) in [4.78, 5) is 32.5. The van der Waals surface area contributed by atoms with Crippen LogP contribution in [-0.2, 0) is 29.6 Å². The maximum absolute atomic E-state index is 12.8. The number of piperidine rings is 1. The molecule has 1 aliphatic rings. The molecule has 4 aromatic rings. The molecular formula is C37H56N6O6S4. The van der Waals surface area contributed by atoms with Gasteiger partial charge in [-0.25, -0.2) is 26.8 Å². The van der Waals surface area contributed by atoms with E-state index < -0.39 is 20.0 Å².